The minimum atomic E-state index is -0.588. The summed E-state index contributed by atoms with van der Waals surface area (Å²) in [5.41, 5.74) is 0.725. The molecule has 9 heteroatoms. The third-order valence-corrected chi connectivity index (χ3v) is 4.81. The Morgan fingerprint density at radius 2 is 2.07 bits per heavy atom. The largest absolute Gasteiger partial charge is 0.475 e. The van der Waals surface area contributed by atoms with Gasteiger partial charge in [-0.2, -0.15) is 14.5 Å². The number of hydrogen-bond acceptors (Lipinski definition) is 6. The minimum Gasteiger partial charge on any atom is -0.475 e. The normalized spacial score (nSPS) is 19.5. The number of amides is 1. The van der Waals surface area contributed by atoms with Gasteiger partial charge in [0.25, 0.3) is 5.88 Å². The summed E-state index contributed by atoms with van der Waals surface area (Å²) in [6, 6.07) is 0.469. The molecule has 0 saturated heterocycles. The van der Waals surface area contributed by atoms with Crippen LogP contribution in [0, 0.1) is 11.7 Å². The summed E-state index contributed by atoms with van der Waals surface area (Å²) in [5.74, 6) is -0.0658. The van der Waals surface area contributed by atoms with E-state index in [9.17, 15) is 9.18 Å². The Morgan fingerprint density at radius 3 is 2.71 bits per heavy atom. The summed E-state index contributed by atoms with van der Waals surface area (Å²) in [4.78, 5) is 19.2. The van der Waals surface area contributed by atoms with E-state index in [1.807, 2.05) is 20.0 Å². The molecule has 2 aromatic heterocycles. The Hall–Kier alpha value is -2.71. The van der Waals surface area contributed by atoms with E-state index in [1.165, 1.54) is 6.92 Å². The van der Waals surface area contributed by atoms with Crippen molar-refractivity contribution in [1.82, 2.24) is 25.1 Å². The molecule has 2 N–H and O–H groups in total. The molecule has 0 atom stereocenters. The predicted molar refractivity (Wildman–Crippen MR) is 103 cm³/mol. The van der Waals surface area contributed by atoms with Crippen molar-refractivity contribution in [3.63, 3.8) is 0 Å². The van der Waals surface area contributed by atoms with Crippen molar-refractivity contribution in [1.29, 1.82) is 0 Å². The van der Waals surface area contributed by atoms with E-state index in [0.717, 1.165) is 37.6 Å². The van der Waals surface area contributed by atoms with Gasteiger partial charge in [-0.1, -0.05) is 0 Å². The monoisotopic (exact) mass is 390 g/mol. The molecule has 2 heterocycles. The number of ether oxygens (including phenoxy) is 1. The maximum absolute atomic E-state index is 14.0. The number of hydrogen-bond donors (Lipinski definition) is 2. The lowest BCUT2D eigenvalue weighted by molar-refractivity contribution is -0.119. The highest BCUT2D eigenvalue weighted by Gasteiger charge is 2.23. The van der Waals surface area contributed by atoms with Crippen LogP contribution in [0.25, 0.3) is 0 Å². The Labute approximate surface area is 163 Å². The molecule has 1 amide bonds. The van der Waals surface area contributed by atoms with Gasteiger partial charge in [-0.3, -0.25) is 9.48 Å². The summed E-state index contributed by atoms with van der Waals surface area (Å²) in [7, 11) is 0. The second-order valence-corrected chi connectivity index (χ2v) is 7.50. The molecular weight excluding hydrogens is 363 g/mol. The summed E-state index contributed by atoms with van der Waals surface area (Å²) in [6.07, 6.45) is 8.28. The topological polar surface area (TPSA) is 94.0 Å². The van der Waals surface area contributed by atoms with Crippen LogP contribution in [0.1, 0.15) is 52.5 Å². The van der Waals surface area contributed by atoms with E-state index in [2.05, 4.69) is 25.7 Å². The van der Waals surface area contributed by atoms with Gasteiger partial charge in [-0.05, 0) is 45.4 Å². The van der Waals surface area contributed by atoms with Crippen LogP contribution in [0.5, 0.6) is 5.88 Å². The first-order valence-corrected chi connectivity index (χ1v) is 9.64. The molecule has 1 aliphatic carbocycles. The summed E-state index contributed by atoms with van der Waals surface area (Å²) < 4.78 is 21.5. The van der Waals surface area contributed by atoms with Crippen LogP contribution in [0.2, 0.25) is 0 Å². The second kappa shape index (κ2) is 8.99. The molecule has 0 unspecified atom stereocenters. The van der Waals surface area contributed by atoms with Crippen LogP contribution < -0.4 is 15.4 Å². The third kappa shape index (κ3) is 5.40. The fraction of sp³-hybridized carbons (Fsp3) is 0.579. The molecule has 3 rings (SSSR count). The summed E-state index contributed by atoms with van der Waals surface area (Å²) >= 11 is 0. The van der Waals surface area contributed by atoms with Crippen molar-refractivity contribution in [2.45, 2.75) is 58.5 Å². The van der Waals surface area contributed by atoms with Crippen LogP contribution in [-0.2, 0) is 4.79 Å². The molecule has 0 radical (unpaired) electrons. The summed E-state index contributed by atoms with van der Waals surface area (Å²) in [6.45, 7) is 5.99. The van der Waals surface area contributed by atoms with Gasteiger partial charge < -0.3 is 15.4 Å². The Balaban J connectivity index is 1.54. The van der Waals surface area contributed by atoms with Gasteiger partial charge in [0.1, 0.15) is 0 Å². The number of aromatic nitrogens is 4. The number of rotatable bonds is 7. The Kier molecular flexibility index (Phi) is 6.43. The van der Waals surface area contributed by atoms with Crippen molar-refractivity contribution < 1.29 is 13.9 Å². The summed E-state index contributed by atoms with van der Waals surface area (Å²) in [5, 5.41) is 10.2. The molecule has 0 spiro atoms. The SMILES string of the molecule is CC(=O)N[C@H]1CC[C@H](COc2nc(Nc3cnn(C(C)C)c3)ncc2F)CC1. The average Bonchev–Trinajstić information content (AvgIpc) is 3.12. The second-order valence-electron chi connectivity index (χ2n) is 7.50. The van der Waals surface area contributed by atoms with Crippen molar-refractivity contribution in [3.8, 4) is 5.88 Å². The smallest absolute Gasteiger partial charge is 0.255 e. The molecule has 2 aromatic rings. The van der Waals surface area contributed by atoms with Gasteiger partial charge >= 0.3 is 0 Å². The van der Waals surface area contributed by atoms with Crippen LogP contribution in [0.3, 0.4) is 0 Å². The van der Waals surface area contributed by atoms with Gasteiger partial charge in [0.05, 0.1) is 24.7 Å². The molecule has 152 valence electrons. The Morgan fingerprint density at radius 1 is 1.32 bits per heavy atom. The van der Waals surface area contributed by atoms with Crippen molar-refractivity contribution in [2.24, 2.45) is 5.92 Å². The first kappa shape index (κ1) is 20.0. The minimum absolute atomic E-state index is 0.00160. The molecular formula is C19H27FN6O2. The molecule has 0 aliphatic heterocycles. The van der Waals surface area contributed by atoms with Crippen molar-refractivity contribution >= 4 is 17.5 Å². The van der Waals surface area contributed by atoms with Gasteiger partial charge in [0.15, 0.2) is 0 Å². The van der Waals surface area contributed by atoms with E-state index in [1.54, 1.807) is 10.9 Å². The maximum Gasteiger partial charge on any atom is 0.255 e. The number of anilines is 2. The maximum atomic E-state index is 14.0. The number of nitrogens with zero attached hydrogens (tertiary/aromatic N) is 4. The number of carbonyl (C=O) groups is 1. The van der Waals surface area contributed by atoms with E-state index < -0.39 is 5.82 Å². The van der Waals surface area contributed by atoms with Crippen LogP contribution in [-0.4, -0.2) is 38.3 Å². The standard InChI is InChI=1S/C19H27FN6O2/c1-12(2)26-10-16(8-22-26)24-19-21-9-17(20)18(25-19)28-11-14-4-6-15(7-5-14)23-13(3)27/h8-10,12,14-15H,4-7,11H2,1-3H3,(H,23,27)(H,21,24,25)/t14-,15-. The van der Waals surface area contributed by atoms with Gasteiger partial charge in [-0.15, -0.1) is 0 Å². The van der Waals surface area contributed by atoms with Crippen LogP contribution in [0.4, 0.5) is 16.0 Å². The number of halogens is 1. The fourth-order valence-electron chi connectivity index (χ4n) is 3.28. The highest BCUT2D eigenvalue weighted by atomic mass is 19.1. The van der Waals surface area contributed by atoms with Crippen molar-refractivity contribution in [3.05, 3.63) is 24.4 Å². The van der Waals surface area contributed by atoms with E-state index in [0.29, 0.717) is 12.5 Å². The zero-order valence-electron chi connectivity index (χ0n) is 16.5. The molecule has 8 nitrogen and oxygen atoms in total. The fourth-order valence-corrected chi connectivity index (χ4v) is 3.28. The van der Waals surface area contributed by atoms with Crippen LogP contribution in [0.15, 0.2) is 18.6 Å². The average molecular weight is 390 g/mol. The van der Waals surface area contributed by atoms with Crippen LogP contribution >= 0.6 is 0 Å². The zero-order valence-corrected chi connectivity index (χ0v) is 16.5. The first-order chi connectivity index (χ1) is 13.4. The number of nitrogens with one attached hydrogen (secondary N) is 2. The molecule has 1 aliphatic rings. The molecule has 1 saturated carbocycles. The highest BCUT2D eigenvalue weighted by molar-refractivity contribution is 5.73. The van der Waals surface area contributed by atoms with Gasteiger partial charge in [-0.25, -0.2) is 4.98 Å². The molecule has 0 aromatic carbocycles. The lowest BCUT2D eigenvalue weighted by Gasteiger charge is -2.28. The van der Waals surface area contributed by atoms with Gasteiger partial charge in [0, 0.05) is 25.2 Å². The van der Waals surface area contributed by atoms with E-state index in [-0.39, 0.29) is 29.8 Å². The van der Waals surface area contributed by atoms with E-state index in [4.69, 9.17) is 4.74 Å². The Bertz CT molecular complexity index is 801. The lowest BCUT2D eigenvalue weighted by atomic mass is 9.86. The number of carbonyl (C=O) groups excluding carboxylic acids is 1. The molecule has 28 heavy (non-hydrogen) atoms. The molecule has 1 fully saturated rings. The zero-order chi connectivity index (χ0) is 20.1. The quantitative estimate of drug-likeness (QED) is 0.754. The highest BCUT2D eigenvalue weighted by Crippen LogP contribution is 2.26. The van der Waals surface area contributed by atoms with Crippen molar-refractivity contribution in [2.75, 3.05) is 11.9 Å². The van der Waals surface area contributed by atoms with Gasteiger partial charge in [0.2, 0.25) is 17.7 Å². The molecule has 0 bridgehead atoms. The first-order valence-electron chi connectivity index (χ1n) is 9.64. The van der Waals surface area contributed by atoms with E-state index >= 15 is 0 Å². The third-order valence-electron chi connectivity index (χ3n) is 4.81. The predicted octanol–water partition coefficient (Wildman–Crippen LogP) is 3.21. The lowest BCUT2D eigenvalue weighted by Crippen LogP contribution is -2.37.